The SMILES string of the molecule is COC(=O)[C@]1(C)OC[C@H](CCCCC(NC(=O)c2ccc(Cl)cc2)C(C)=O)CO1. The van der Waals surface area contributed by atoms with Crippen LogP contribution in [0.3, 0.4) is 0 Å². The molecule has 0 aliphatic carbocycles. The zero-order valence-corrected chi connectivity index (χ0v) is 17.8. The molecule has 0 aromatic heterocycles. The Morgan fingerprint density at radius 2 is 1.83 bits per heavy atom. The van der Waals surface area contributed by atoms with Gasteiger partial charge in [-0.15, -0.1) is 0 Å². The third kappa shape index (κ3) is 6.80. The predicted octanol–water partition coefficient (Wildman–Crippen LogP) is 3.14. The minimum Gasteiger partial charge on any atom is -0.465 e. The van der Waals surface area contributed by atoms with E-state index in [0.717, 1.165) is 19.3 Å². The van der Waals surface area contributed by atoms with Gasteiger partial charge in [-0.3, -0.25) is 9.59 Å². The molecular formula is C21H28ClNO6. The van der Waals surface area contributed by atoms with Gasteiger partial charge in [0, 0.05) is 23.4 Å². The number of methoxy groups -OCH3 is 1. The number of rotatable bonds is 9. The van der Waals surface area contributed by atoms with E-state index in [4.69, 9.17) is 21.1 Å². The summed E-state index contributed by atoms with van der Waals surface area (Å²) >= 11 is 5.83. The van der Waals surface area contributed by atoms with Crippen molar-refractivity contribution < 1.29 is 28.6 Å². The molecule has 1 aromatic carbocycles. The number of benzene rings is 1. The highest BCUT2D eigenvalue weighted by molar-refractivity contribution is 6.30. The van der Waals surface area contributed by atoms with Gasteiger partial charge in [0.05, 0.1) is 26.4 Å². The van der Waals surface area contributed by atoms with Gasteiger partial charge in [0.25, 0.3) is 11.7 Å². The van der Waals surface area contributed by atoms with Crippen LogP contribution in [0.1, 0.15) is 49.9 Å². The highest BCUT2D eigenvalue weighted by atomic mass is 35.5. The number of nitrogens with one attached hydrogen (secondary N) is 1. The van der Waals surface area contributed by atoms with Crippen LogP contribution in [0, 0.1) is 5.92 Å². The molecule has 1 aliphatic heterocycles. The van der Waals surface area contributed by atoms with E-state index >= 15 is 0 Å². The van der Waals surface area contributed by atoms with Crippen molar-refractivity contribution in [1.29, 1.82) is 0 Å². The lowest BCUT2D eigenvalue weighted by molar-refractivity contribution is -0.272. The fourth-order valence-electron chi connectivity index (χ4n) is 3.11. The summed E-state index contributed by atoms with van der Waals surface area (Å²) < 4.78 is 15.8. The molecule has 0 spiro atoms. The average Bonchev–Trinajstić information content (AvgIpc) is 2.71. The standard InChI is InChI=1S/C21H28ClNO6/c1-14(24)18(23-19(25)16-8-10-17(22)11-9-16)7-5-4-6-15-12-28-21(2,29-13-15)20(26)27-3/h8-11,15,18H,4-7,12-13H2,1-3H3,(H,23,25)/t15-,18?,21+. The molecule has 29 heavy (non-hydrogen) atoms. The van der Waals surface area contributed by atoms with Crippen LogP contribution < -0.4 is 5.32 Å². The second-order valence-electron chi connectivity index (χ2n) is 7.35. The van der Waals surface area contributed by atoms with Crippen molar-refractivity contribution in [1.82, 2.24) is 5.32 Å². The molecule has 0 saturated carbocycles. The summed E-state index contributed by atoms with van der Waals surface area (Å²) in [6, 6.07) is 6.00. The molecule has 1 N–H and O–H groups in total. The van der Waals surface area contributed by atoms with E-state index < -0.39 is 17.8 Å². The number of carbonyl (C=O) groups excluding carboxylic acids is 3. The number of esters is 1. The topological polar surface area (TPSA) is 90.9 Å². The van der Waals surface area contributed by atoms with Gasteiger partial charge in [-0.05, 0) is 44.0 Å². The van der Waals surface area contributed by atoms with E-state index in [-0.39, 0.29) is 17.6 Å². The summed E-state index contributed by atoms with van der Waals surface area (Å²) in [5.41, 5.74) is 0.464. The highest BCUT2D eigenvalue weighted by Crippen LogP contribution is 2.25. The van der Waals surface area contributed by atoms with Crippen molar-refractivity contribution in [2.45, 2.75) is 51.4 Å². The summed E-state index contributed by atoms with van der Waals surface area (Å²) in [5, 5.41) is 3.34. The van der Waals surface area contributed by atoms with E-state index in [1.807, 2.05) is 0 Å². The monoisotopic (exact) mass is 425 g/mol. The summed E-state index contributed by atoms with van der Waals surface area (Å²) in [4.78, 5) is 35.9. The van der Waals surface area contributed by atoms with Gasteiger partial charge in [-0.1, -0.05) is 24.4 Å². The zero-order chi connectivity index (χ0) is 21.4. The molecule has 8 heteroatoms. The maximum absolute atomic E-state index is 12.3. The van der Waals surface area contributed by atoms with Gasteiger partial charge in [0.1, 0.15) is 0 Å². The van der Waals surface area contributed by atoms with Crippen LogP contribution in [-0.2, 0) is 23.8 Å². The highest BCUT2D eigenvalue weighted by Gasteiger charge is 2.41. The Balaban J connectivity index is 1.73. The van der Waals surface area contributed by atoms with Crippen LogP contribution in [0.5, 0.6) is 0 Å². The normalized spacial score (nSPS) is 22.6. The molecular weight excluding hydrogens is 398 g/mol. The van der Waals surface area contributed by atoms with Crippen molar-refractivity contribution in [2.24, 2.45) is 5.92 Å². The lowest BCUT2D eigenvalue weighted by atomic mass is 9.98. The van der Waals surface area contributed by atoms with E-state index in [1.54, 1.807) is 31.2 Å². The van der Waals surface area contributed by atoms with Crippen molar-refractivity contribution in [3.8, 4) is 0 Å². The first-order chi connectivity index (χ1) is 13.7. The Morgan fingerprint density at radius 1 is 1.21 bits per heavy atom. The van der Waals surface area contributed by atoms with Crippen LogP contribution in [0.25, 0.3) is 0 Å². The molecule has 2 rings (SSSR count). The van der Waals surface area contributed by atoms with E-state index in [9.17, 15) is 14.4 Å². The largest absolute Gasteiger partial charge is 0.465 e. The van der Waals surface area contributed by atoms with Crippen molar-refractivity contribution in [2.75, 3.05) is 20.3 Å². The number of Topliss-reactive ketones (excluding diaryl/α,β-unsaturated/α-hetero) is 1. The summed E-state index contributed by atoms with van der Waals surface area (Å²) in [7, 11) is 1.30. The predicted molar refractivity (Wildman–Crippen MR) is 108 cm³/mol. The lowest BCUT2D eigenvalue weighted by Crippen LogP contribution is -2.48. The second kappa shape index (κ2) is 10.7. The van der Waals surface area contributed by atoms with Gasteiger partial charge in [0.2, 0.25) is 0 Å². The summed E-state index contributed by atoms with van der Waals surface area (Å²) in [5.74, 6) is -2.08. The van der Waals surface area contributed by atoms with Crippen LogP contribution in [0.4, 0.5) is 0 Å². The number of hydrogen-bond acceptors (Lipinski definition) is 6. The van der Waals surface area contributed by atoms with Gasteiger partial charge >= 0.3 is 5.97 Å². The first-order valence-electron chi connectivity index (χ1n) is 9.68. The van der Waals surface area contributed by atoms with Gasteiger partial charge in [-0.2, -0.15) is 0 Å². The number of ketones is 1. The number of hydrogen-bond donors (Lipinski definition) is 1. The van der Waals surface area contributed by atoms with E-state index in [1.165, 1.54) is 14.0 Å². The summed E-state index contributed by atoms with van der Waals surface area (Å²) in [6.45, 7) is 3.85. The quantitative estimate of drug-likeness (QED) is 0.482. The molecule has 1 aromatic rings. The molecule has 160 valence electrons. The average molecular weight is 426 g/mol. The lowest BCUT2D eigenvalue weighted by Gasteiger charge is -2.35. The van der Waals surface area contributed by atoms with Crippen LogP contribution in [-0.4, -0.2) is 49.8 Å². The molecule has 1 unspecified atom stereocenters. The van der Waals surface area contributed by atoms with Crippen LogP contribution in [0.15, 0.2) is 24.3 Å². The molecule has 1 amide bonds. The Kier molecular flexibility index (Phi) is 8.61. The molecule has 7 nitrogen and oxygen atoms in total. The number of unbranched alkanes of at least 4 members (excludes halogenated alkanes) is 1. The Bertz CT molecular complexity index is 712. The maximum Gasteiger partial charge on any atom is 0.366 e. The molecule has 1 aliphatic rings. The number of ether oxygens (including phenoxy) is 3. The van der Waals surface area contributed by atoms with Crippen molar-refractivity contribution in [3.63, 3.8) is 0 Å². The first-order valence-corrected chi connectivity index (χ1v) is 10.1. The van der Waals surface area contributed by atoms with Crippen molar-refractivity contribution in [3.05, 3.63) is 34.9 Å². The smallest absolute Gasteiger partial charge is 0.366 e. The van der Waals surface area contributed by atoms with Gasteiger partial charge < -0.3 is 19.5 Å². The molecule has 1 atom stereocenters. The third-order valence-electron chi connectivity index (χ3n) is 5.00. The van der Waals surface area contributed by atoms with Crippen LogP contribution in [0.2, 0.25) is 5.02 Å². The number of halogens is 1. The fourth-order valence-corrected chi connectivity index (χ4v) is 3.24. The fraction of sp³-hybridized carbons (Fsp3) is 0.571. The third-order valence-corrected chi connectivity index (χ3v) is 5.25. The van der Waals surface area contributed by atoms with E-state index in [0.29, 0.717) is 30.2 Å². The van der Waals surface area contributed by atoms with Gasteiger partial charge in [-0.25, -0.2) is 4.79 Å². The Hall–Kier alpha value is -1.96. The Labute approximate surface area is 176 Å². The molecule has 1 saturated heterocycles. The van der Waals surface area contributed by atoms with Crippen molar-refractivity contribution >= 4 is 29.3 Å². The minimum absolute atomic E-state index is 0.0782. The first kappa shape index (κ1) is 23.3. The van der Waals surface area contributed by atoms with E-state index in [2.05, 4.69) is 10.1 Å². The molecule has 0 radical (unpaired) electrons. The second-order valence-corrected chi connectivity index (χ2v) is 7.79. The summed E-state index contributed by atoms with van der Waals surface area (Å²) in [6.07, 6.45) is 3.03. The zero-order valence-electron chi connectivity index (χ0n) is 17.0. The number of carbonyl (C=O) groups is 3. The molecule has 1 heterocycles. The Morgan fingerprint density at radius 3 is 2.38 bits per heavy atom. The molecule has 0 bridgehead atoms. The number of amides is 1. The van der Waals surface area contributed by atoms with Crippen LogP contribution >= 0.6 is 11.6 Å². The minimum atomic E-state index is -1.34. The molecule has 1 fully saturated rings. The van der Waals surface area contributed by atoms with Gasteiger partial charge in [0.15, 0.2) is 5.78 Å². The maximum atomic E-state index is 12.3.